The van der Waals surface area contributed by atoms with Gasteiger partial charge < -0.3 is 10.6 Å². The third kappa shape index (κ3) is 5.70. The number of aromatic nitrogens is 5. The van der Waals surface area contributed by atoms with E-state index in [1.807, 2.05) is 29.8 Å². The van der Waals surface area contributed by atoms with Gasteiger partial charge in [-0.15, -0.1) is 11.3 Å². The Morgan fingerprint density at radius 3 is 2.73 bits per heavy atom. The first-order valence-electron chi connectivity index (χ1n) is 12.4. The van der Waals surface area contributed by atoms with Gasteiger partial charge in [-0.3, -0.25) is 14.4 Å². The van der Waals surface area contributed by atoms with Crippen molar-refractivity contribution in [3.05, 3.63) is 69.4 Å². The molecule has 2 N–H and O–H groups in total. The molecule has 10 heteroatoms. The molecule has 0 radical (unpaired) electrons. The second-order valence-electron chi connectivity index (χ2n) is 10.5. The lowest BCUT2D eigenvalue weighted by Gasteiger charge is -2.22. The molecule has 0 unspecified atom stereocenters. The van der Waals surface area contributed by atoms with E-state index in [1.165, 1.54) is 17.0 Å². The summed E-state index contributed by atoms with van der Waals surface area (Å²) in [4.78, 5) is 29.1. The van der Waals surface area contributed by atoms with Crippen LogP contribution in [0, 0.1) is 6.92 Å². The van der Waals surface area contributed by atoms with Crippen LogP contribution >= 0.6 is 11.3 Å². The van der Waals surface area contributed by atoms with Crippen molar-refractivity contribution in [3.8, 4) is 11.3 Å². The largest absolute Gasteiger partial charge is 0.347 e. The monoisotopic (exact) mass is 516 g/mol. The summed E-state index contributed by atoms with van der Waals surface area (Å²) in [5, 5.41) is 11.9. The Balaban J connectivity index is 1.25. The summed E-state index contributed by atoms with van der Waals surface area (Å²) >= 11 is 1.45. The van der Waals surface area contributed by atoms with Gasteiger partial charge in [-0.1, -0.05) is 32.9 Å². The topological polar surface area (TPSA) is 101 Å². The maximum atomic E-state index is 12.7. The number of hydrogen-bond donors (Lipinski definition) is 2. The molecule has 0 bridgehead atoms. The lowest BCUT2D eigenvalue weighted by molar-refractivity contribution is 0.0954. The van der Waals surface area contributed by atoms with Crippen molar-refractivity contribution in [2.45, 2.75) is 52.7 Å². The Hall–Kier alpha value is -3.63. The number of likely N-dealkylation sites (N-methyl/N-ethyl adjacent to an activating group) is 1. The highest BCUT2D eigenvalue weighted by Crippen LogP contribution is 2.27. The smallest absolute Gasteiger partial charge is 0.263 e. The summed E-state index contributed by atoms with van der Waals surface area (Å²) in [7, 11) is 2.11. The fraction of sp³-hybridized carbons (Fsp3) is 0.370. The molecule has 0 saturated carbocycles. The molecule has 192 valence electrons. The molecule has 5 rings (SSSR count). The maximum Gasteiger partial charge on any atom is 0.263 e. The minimum atomic E-state index is -0.101. The highest BCUT2D eigenvalue weighted by atomic mass is 32.1. The number of aryl methyl sites for hydroxylation is 1. The molecule has 3 aromatic heterocycles. The molecule has 4 heterocycles. The van der Waals surface area contributed by atoms with E-state index in [-0.39, 0.29) is 11.3 Å². The van der Waals surface area contributed by atoms with Gasteiger partial charge in [0.05, 0.1) is 29.1 Å². The molecule has 0 spiro atoms. The Bertz CT molecular complexity index is 1430. The van der Waals surface area contributed by atoms with Crippen molar-refractivity contribution in [2.75, 3.05) is 18.9 Å². The van der Waals surface area contributed by atoms with Gasteiger partial charge in [-0.2, -0.15) is 5.10 Å². The van der Waals surface area contributed by atoms with Crippen molar-refractivity contribution in [1.29, 1.82) is 0 Å². The van der Waals surface area contributed by atoms with E-state index in [4.69, 9.17) is 4.98 Å². The predicted octanol–water partition coefficient (Wildman–Crippen LogP) is 4.52. The molecule has 4 aromatic rings. The third-order valence-corrected chi connectivity index (χ3v) is 7.75. The first-order chi connectivity index (χ1) is 17.7. The summed E-state index contributed by atoms with van der Waals surface area (Å²) < 4.78 is 2.03. The van der Waals surface area contributed by atoms with Crippen LogP contribution in [0.15, 0.2) is 42.7 Å². The van der Waals surface area contributed by atoms with E-state index >= 15 is 0 Å². The minimum Gasteiger partial charge on any atom is -0.347 e. The quantitative estimate of drug-likeness (QED) is 0.389. The second-order valence-corrected chi connectivity index (χ2v) is 11.5. The lowest BCUT2D eigenvalue weighted by atomic mass is 9.98. The average Bonchev–Trinajstić information content (AvgIpc) is 3.50. The standard InChI is InChI=1S/C27H32N8OS/c1-17-12-18(6-7-19(17)14-29-24(36)22-15-30-25(37-22)27(2,3)4)21-8-9-28-26(31-21)32-23-13-20-16-34(5)10-11-35(20)33-23/h6-9,12-13,15H,10-11,14,16H2,1-5H3,(H,29,36)(H,28,31,32,33). The number of carbonyl (C=O) groups excluding carboxylic acids is 1. The molecule has 0 saturated heterocycles. The van der Waals surface area contributed by atoms with Crippen LogP contribution in [0.3, 0.4) is 0 Å². The summed E-state index contributed by atoms with van der Waals surface area (Å²) in [6.45, 7) is 11.5. The van der Waals surface area contributed by atoms with Crippen molar-refractivity contribution in [1.82, 2.24) is 34.9 Å². The van der Waals surface area contributed by atoms with Crippen LogP contribution in [0.2, 0.25) is 0 Å². The molecule has 37 heavy (non-hydrogen) atoms. The SMILES string of the molecule is Cc1cc(-c2ccnc(Nc3cc4n(n3)CCN(C)C4)n2)ccc1CNC(=O)c1cnc(C(C)(C)C)s1. The van der Waals surface area contributed by atoms with Crippen LogP contribution in [-0.2, 0) is 25.0 Å². The van der Waals surface area contributed by atoms with Crippen LogP contribution in [-0.4, -0.2) is 49.1 Å². The summed E-state index contributed by atoms with van der Waals surface area (Å²) in [6, 6.07) is 10.1. The van der Waals surface area contributed by atoms with Crippen molar-refractivity contribution < 1.29 is 4.79 Å². The van der Waals surface area contributed by atoms with Gasteiger partial charge in [-0.25, -0.2) is 15.0 Å². The average molecular weight is 517 g/mol. The van der Waals surface area contributed by atoms with E-state index in [1.54, 1.807) is 12.4 Å². The highest BCUT2D eigenvalue weighted by molar-refractivity contribution is 7.13. The summed E-state index contributed by atoms with van der Waals surface area (Å²) in [5.41, 5.74) is 5.05. The zero-order chi connectivity index (χ0) is 26.2. The molecule has 1 amide bonds. The summed E-state index contributed by atoms with van der Waals surface area (Å²) in [5.74, 6) is 1.16. The first-order valence-corrected chi connectivity index (χ1v) is 13.2. The highest BCUT2D eigenvalue weighted by Gasteiger charge is 2.20. The van der Waals surface area contributed by atoms with Crippen molar-refractivity contribution in [2.24, 2.45) is 0 Å². The zero-order valence-electron chi connectivity index (χ0n) is 21.9. The van der Waals surface area contributed by atoms with Gasteiger partial charge in [0.25, 0.3) is 5.91 Å². The van der Waals surface area contributed by atoms with Gasteiger partial charge in [0, 0.05) is 42.9 Å². The van der Waals surface area contributed by atoms with Gasteiger partial charge >= 0.3 is 0 Å². The number of rotatable bonds is 6. The molecule has 1 aliphatic heterocycles. The number of anilines is 2. The molecular formula is C27H32N8OS. The molecule has 0 atom stereocenters. The fourth-order valence-electron chi connectivity index (χ4n) is 4.19. The fourth-order valence-corrected chi connectivity index (χ4v) is 5.08. The Morgan fingerprint density at radius 2 is 1.97 bits per heavy atom. The Morgan fingerprint density at radius 1 is 1.14 bits per heavy atom. The third-order valence-electron chi connectivity index (χ3n) is 6.33. The van der Waals surface area contributed by atoms with E-state index in [0.29, 0.717) is 17.4 Å². The van der Waals surface area contributed by atoms with E-state index in [9.17, 15) is 4.79 Å². The van der Waals surface area contributed by atoms with E-state index in [2.05, 4.69) is 70.6 Å². The van der Waals surface area contributed by atoms with E-state index in [0.717, 1.165) is 52.8 Å². The Labute approximate surface area is 221 Å². The number of nitrogens with zero attached hydrogens (tertiary/aromatic N) is 6. The molecule has 9 nitrogen and oxygen atoms in total. The first kappa shape index (κ1) is 25.0. The second kappa shape index (κ2) is 10.0. The Kier molecular flexibility index (Phi) is 6.78. The van der Waals surface area contributed by atoms with E-state index < -0.39 is 0 Å². The normalized spacial score (nSPS) is 13.9. The number of amides is 1. The lowest BCUT2D eigenvalue weighted by Crippen LogP contribution is -2.30. The molecule has 0 aliphatic carbocycles. The van der Waals surface area contributed by atoms with Crippen molar-refractivity contribution in [3.63, 3.8) is 0 Å². The van der Waals surface area contributed by atoms with Gasteiger partial charge in [0.1, 0.15) is 4.88 Å². The van der Waals surface area contributed by atoms with Crippen LogP contribution in [0.25, 0.3) is 11.3 Å². The van der Waals surface area contributed by atoms with Crippen LogP contribution in [0.1, 0.15) is 52.3 Å². The number of fused-ring (bicyclic) bond motifs is 1. The number of benzene rings is 1. The van der Waals surface area contributed by atoms with Crippen LogP contribution in [0.5, 0.6) is 0 Å². The minimum absolute atomic E-state index is 0.0683. The van der Waals surface area contributed by atoms with Gasteiger partial charge in [-0.05, 0) is 37.2 Å². The molecular weight excluding hydrogens is 484 g/mol. The molecule has 1 aromatic carbocycles. The summed E-state index contributed by atoms with van der Waals surface area (Å²) in [6.07, 6.45) is 3.41. The van der Waals surface area contributed by atoms with Gasteiger partial charge in [0.2, 0.25) is 5.95 Å². The van der Waals surface area contributed by atoms with Gasteiger partial charge in [0.15, 0.2) is 5.82 Å². The van der Waals surface area contributed by atoms with Crippen molar-refractivity contribution >= 4 is 29.0 Å². The van der Waals surface area contributed by atoms with Crippen LogP contribution in [0.4, 0.5) is 11.8 Å². The van der Waals surface area contributed by atoms with Crippen LogP contribution < -0.4 is 10.6 Å². The molecule has 0 fully saturated rings. The number of carbonyl (C=O) groups is 1. The maximum absolute atomic E-state index is 12.7. The molecule has 1 aliphatic rings. The number of hydrogen-bond acceptors (Lipinski definition) is 8. The predicted molar refractivity (Wildman–Crippen MR) is 146 cm³/mol. The number of nitrogens with one attached hydrogen (secondary N) is 2. The zero-order valence-corrected chi connectivity index (χ0v) is 22.7. The number of thiazole rings is 1.